The van der Waals surface area contributed by atoms with Crippen molar-refractivity contribution in [3.63, 3.8) is 0 Å². The Morgan fingerprint density at radius 1 is 1.05 bits per heavy atom. The standard InChI is InChI=1S/C28H43N5O6S2/c1-21(2)17-32(18-22(3)4)28(34)26(30-41(37,38)25-10-11-27-23(15-25)12-14-39-27)9-7-8-13-33(40(6,35)36)19-24-16-29-20-31(24)5/h10-12,14-16,20-22,26,30H,7-9,13,17-19H2,1-6H3/t26-/m0/s1. The van der Waals surface area contributed by atoms with Crippen molar-refractivity contribution in [1.82, 2.24) is 23.5 Å². The lowest BCUT2D eigenvalue weighted by Crippen LogP contribution is -2.50. The molecule has 1 amide bonds. The molecule has 0 bridgehead atoms. The molecule has 13 heteroatoms. The number of hydrogen-bond acceptors (Lipinski definition) is 7. The van der Waals surface area contributed by atoms with Crippen LogP contribution >= 0.6 is 0 Å². The Labute approximate surface area is 244 Å². The molecule has 2 heterocycles. The molecule has 2 aromatic heterocycles. The van der Waals surface area contributed by atoms with Crippen molar-refractivity contribution in [2.45, 2.75) is 64.4 Å². The third-order valence-electron chi connectivity index (χ3n) is 6.69. The van der Waals surface area contributed by atoms with Gasteiger partial charge in [0.25, 0.3) is 0 Å². The predicted octanol–water partition coefficient (Wildman–Crippen LogP) is 3.59. The van der Waals surface area contributed by atoms with Crippen molar-refractivity contribution in [2.24, 2.45) is 18.9 Å². The highest BCUT2D eigenvalue weighted by Gasteiger charge is 2.30. The molecule has 1 atom stereocenters. The number of carbonyl (C=O) groups excluding carboxylic acids is 1. The van der Waals surface area contributed by atoms with E-state index in [4.69, 9.17) is 4.42 Å². The number of nitrogens with zero attached hydrogens (tertiary/aromatic N) is 4. The lowest BCUT2D eigenvalue weighted by molar-refractivity contribution is -0.134. The molecule has 0 aliphatic rings. The first kappa shape index (κ1) is 32.8. The van der Waals surface area contributed by atoms with Gasteiger partial charge >= 0.3 is 0 Å². The molecule has 0 radical (unpaired) electrons. The normalized spacial score (nSPS) is 13.5. The van der Waals surface area contributed by atoms with Gasteiger partial charge in [-0.1, -0.05) is 34.1 Å². The quantitative estimate of drug-likeness (QED) is 0.245. The summed E-state index contributed by atoms with van der Waals surface area (Å²) in [5.74, 6) is 0.123. The van der Waals surface area contributed by atoms with Gasteiger partial charge in [-0.2, -0.15) is 9.03 Å². The van der Waals surface area contributed by atoms with Crippen LogP contribution < -0.4 is 4.72 Å². The van der Waals surface area contributed by atoms with Gasteiger partial charge in [0.15, 0.2) is 0 Å². The highest BCUT2D eigenvalue weighted by molar-refractivity contribution is 7.89. The second-order valence-electron chi connectivity index (χ2n) is 11.4. The van der Waals surface area contributed by atoms with E-state index in [2.05, 4.69) is 9.71 Å². The Bertz CT molecular complexity index is 1500. The van der Waals surface area contributed by atoms with E-state index in [0.29, 0.717) is 36.9 Å². The largest absolute Gasteiger partial charge is 0.464 e. The molecule has 11 nitrogen and oxygen atoms in total. The average Bonchev–Trinajstić information content (AvgIpc) is 3.51. The summed E-state index contributed by atoms with van der Waals surface area (Å²) < 4.78 is 62.9. The second kappa shape index (κ2) is 14.0. The molecule has 0 saturated heterocycles. The summed E-state index contributed by atoms with van der Waals surface area (Å²) in [5.41, 5.74) is 1.32. The van der Waals surface area contributed by atoms with Gasteiger partial charge in [-0.25, -0.2) is 21.8 Å². The fourth-order valence-electron chi connectivity index (χ4n) is 4.67. The molecule has 0 aliphatic carbocycles. The van der Waals surface area contributed by atoms with Crippen LogP contribution in [0.2, 0.25) is 0 Å². The monoisotopic (exact) mass is 609 g/mol. The molecular weight excluding hydrogens is 566 g/mol. The smallest absolute Gasteiger partial charge is 0.241 e. The van der Waals surface area contributed by atoms with Crippen LogP contribution in [0.1, 0.15) is 52.7 Å². The molecule has 1 N–H and O–H groups in total. The van der Waals surface area contributed by atoms with Crippen molar-refractivity contribution in [1.29, 1.82) is 0 Å². The van der Waals surface area contributed by atoms with Gasteiger partial charge in [0.05, 0.1) is 36.0 Å². The molecule has 0 aliphatic heterocycles. The van der Waals surface area contributed by atoms with E-state index in [1.165, 1.54) is 22.7 Å². The maximum Gasteiger partial charge on any atom is 0.241 e. The van der Waals surface area contributed by atoms with Crippen molar-refractivity contribution in [2.75, 3.05) is 25.9 Å². The molecule has 1 aromatic carbocycles. The summed E-state index contributed by atoms with van der Waals surface area (Å²) in [6.07, 6.45) is 7.01. The van der Waals surface area contributed by atoms with E-state index >= 15 is 0 Å². The highest BCUT2D eigenvalue weighted by atomic mass is 32.2. The fourth-order valence-corrected chi connectivity index (χ4v) is 6.76. The number of benzene rings is 1. The van der Waals surface area contributed by atoms with Crippen LogP contribution in [-0.4, -0.2) is 73.4 Å². The van der Waals surface area contributed by atoms with Crippen LogP contribution in [0.4, 0.5) is 0 Å². The number of rotatable bonds is 16. The Balaban J connectivity index is 1.78. The molecule has 3 rings (SSSR count). The lowest BCUT2D eigenvalue weighted by Gasteiger charge is -2.30. The van der Waals surface area contributed by atoms with Gasteiger partial charge in [-0.3, -0.25) is 4.79 Å². The summed E-state index contributed by atoms with van der Waals surface area (Å²) in [6, 6.07) is 5.25. The molecule has 228 valence electrons. The van der Waals surface area contributed by atoms with Gasteiger partial charge in [0.1, 0.15) is 11.6 Å². The second-order valence-corrected chi connectivity index (χ2v) is 15.1. The SMILES string of the molecule is CC(C)CN(CC(C)C)C(=O)[C@H](CCCCN(Cc1cncn1C)S(C)(=O)=O)NS(=O)(=O)c1ccc2occc2c1. The van der Waals surface area contributed by atoms with Crippen molar-refractivity contribution >= 4 is 36.9 Å². The Morgan fingerprint density at radius 2 is 1.73 bits per heavy atom. The van der Waals surface area contributed by atoms with Crippen molar-refractivity contribution in [3.05, 3.63) is 48.7 Å². The van der Waals surface area contributed by atoms with E-state index in [1.807, 2.05) is 27.7 Å². The predicted molar refractivity (Wildman–Crippen MR) is 159 cm³/mol. The fraction of sp³-hybridized carbons (Fsp3) is 0.571. The van der Waals surface area contributed by atoms with Gasteiger partial charge < -0.3 is 13.9 Å². The first-order valence-electron chi connectivity index (χ1n) is 13.9. The molecule has 0 spiro atoms. The first-order chi connectivity index (χ1) is 19.2. The number of imidazole rings is 1. The maximum atomic E-state index is 13.8. The number of nitrogens with one attached hydrogen (secondary N) is 1. The average molecular weight is 610 g/mol. The highest BCUT2D eigenvalue weighted by Crippen LogP contribution is 2.21. The third-order valence-corrected chi connectivity index (χ3v) is 9.41. The number of furan rings is 1. The first-order valence-corrected chi connectivity index (χ1v) is 17.2. The Hall–Kier alpha value is -2.74. The summed E-state index contributed by atoms with van der Waals surface area (Å²) in [4.78, 5) is 19.6. The van der Waals surface area contributed by atoms with Crippen LogP contribution in [0.25, 0.3) is 11.0 Å². The number of fused-ring (bicyclic) bond motifs is 1. The van der Waals surface area contributed by atoms with Crippen LogP contribution in [0.5, 0.6) is 0 Å². The topological polar surface area (TPSA) is 135 Å². The minimum absolute atomic E-state index is 0.0443. The summed E-state index contributed by atoms with van der Waals surface area (Å²) in [7, 11) is -5.73. The number of carbonyl (C=O) groups is 1. The number of aromatic nitrogens is 2. The zero-order chi connectivity index (χ0) is 30.4. The van der Waals surface area contributed by atoms with E-state index in [-0.39, 0.29) is 42.1 Å². The minimum Gasteiger partial charge on any atom is -0.464 e. The lowest BCUT2D eigenvalue weighted by atomic mass is 10.1. The third kappa shape index (κ3) is 9.38. The zero-order valence-corrected chi connectivity index (χ0v) is 26.4. The van der Waals surface area contributed by atoms with Crippen LogP contribution in [0.15, 0.2) is 52.4 Å². The zero-order valence-electron chi connectivity index (χ0n) is 24.8. The molecule has 3 aromatic rings. The number of sulfonamides is 2. The molecule has 0 saturated carbocycles. The molecule has 41 heavy (non-hydrogen) atoms. The molecular formula is C28H43N5O6S2. The van der Waals surface area contributed by atoms with E-state index < -0.39 is 26.1 Å². The van der Waals surface area contributed by atoms with Crippen LogP contribution in [0, 0.1) is 11.8 Å². The number of unbranched alkanes of at least 4 members (excludes halogenated alkanes) is 1. The van der Waals surface area contributed by atoms with Gasteiger partial charge in [-0.05, 0) is 48.9 Å². The van der Waals surface area contributed by atoms with Crippen molar-refractivity contribution in [3.8, 4) is 0 Å². The molecule has 0 unspecified atom stereocenters. The number of hydrogen-bond donors (Lipinski definition) is 1. The maximum absolute atomic E-state index is 13.8. The number of aryl methyl sites for hydroxylation is 1. The van der Waals surface area contributed by atoms with Crippen LogP contribution in [-0.2, 0) is 38.4 Å². The summed E-state index contributed by atoms with van der Waals surface area (Å²) in [6.45, 7) is 9.48. The summed E-state index contributed by atoms with van der Waals surface area (Å²) >= 11 is 0. The molecule has 0 fully saturated rings. The van der Waals surface area contributed by atoms with E-state index in [1.54, 1.807) is 41.2 Å². The minimum atomic E-state index is -4.04. The van der Waals surface area contributed by atoms with Gasteiger partial charge in [-0.15, -0.1) is 0 Å². The Morgan fingerprint density at radius 3 is 2.32 bits per heavy atom. The van der Waals surface area contributed by atoms with Crippen molar-refractivity contribution < 1.29 is 26.0 Å². The van der Waals surface area contributed by atoms with E-state index in [0.717, 1.165) is 11.9 Å². The summed E-state index contributed by atoms with van der Waals surface area (Å²) in [5, 5.41) is 0.645. The Kier molecular flexibility index (Phi) is 11.1. The van der Waals surface area contributed by atoms with E-state index in [9.17, 15) is 21.6 Å². The number of amides is 1. The van der Waals surface area contributed by atoms with Gasteiger partial charge in [0.2, 0.25) is 26.0 Å². The van der Waals surface area contributed by atoms with Gasteiger partial charge in [0, 0.05) is 38.3 Å². The van der Waals surface area contributed by atoms with Crippen LogP contribution in [0.3, 0.4) is 0 Å².